The molecule has 0 unspecified atom stereocenters. The fraction of sp³-hybridized carbons (Fsp3) is 0.500. The Morgan fingerprint density at radius 1 is 1.26 bits per heavy atom. The van der Waals surface area contributed by atoms with E-state index >= 15 is 0 Å². The summed E-state index contributed by atoms with van der Waals surface area (Å²) in [5.41, 5.74) is 0. The monoisotopic (exact) mass is 354 g/mol. The van der Waals surface area contributed by atoms with Gasteiger partial charge in [-0.2, -0.15) is 9.29 Å². The van der Waals surface area contributed by atoms with Crippen molar-refractivity contribution in [2.75, 3.05) is 13.1 Å². The van der Waals surface area contributed by atoms with E-state index in [9.17, 15) is 8.42 Å². The number of nitrogens with zero attached hydrogens (tertiary/aromatic N) is 4. The fourth-order valence-electron chi connectivity index (χ4n) is 2.39. The Balaban J connectivity index is 1.66. The predicted octanol–water partition coefficient (Wildman–Crippen LogP) is 2.24. The molecule has 0 spiro atoms. The molecule has 0 atom stereocenters. The molecule has 0 radical (unpaired) electrons. The third kappa shape index (κ3) is 3.91. The molecule has 2 aromatic heterocycles. The summed E-state index contributed by atoms with van der Waals surface area (Å²) in [6, 6.07) is 3.32. The molecule has 1 saturated heterocycles. The molecule has 7 nitrogen and oxygen atoms in total. The maximum atomic E-state index is 12.5. The van der Waals surface area contributed by atoms with Crippen LogP contribution in [0.5, 0.6) is 0 Å². The molecule has 0 amide bonds. The second-order valence-electron chi connectivity index (χ2n) is 5.32. The molecule has 0 bridgehead atoms. The summed E-state index contributed by atoms with van der Waals surface area (Å²) >= 11 is 1.43. The van der Waals surface area contributed by atoms with Crippen LogP contribution in [0.3, 0.4) is 0 Å². The molecule has 3 heterocycles. The Kier molecular flexibility index (Phi) is 4.98. The topological polar surface area (TPSA) is 89.2 Å². The summed E-state index contributed by atoms with van der Waals surface area (Å²) < 4.78 is 31.6. The number of aryl methyl sites for hydroxylation is 1. The maximum Gasteiger partial charge on any atom is 0.244 e. The van der Waals surface area contributed by atoms with Crippen molar-refractivity contribution in [3.05, 3.63) is 30.0 Å². The van der Waals surface area contributed by atoms with Crippen molar-refractivity contribution in [3.8, 4) is 0 Å². The van der Waals surface area contributed by atoms with Crippen LogP contribution in [0.2, 0.25) is 0 Å². The van der Waals surface area contributed by atoms with Crippen LogP contribution in [0.4, 0.5) is 0 Å². The second-order valence-corrected chi connectivity index (χ2v) is 8.25. The van der Waals surface area contributed by atoms with Gasteiger partial charge in [-0.05, 0) is 31.9 Å². The average molecular weight is 354 g/mol. The lowest BCUT2D eigenvalue weighted by molar-refractivity contribution is 0.346. The Labute approximate surface area is 139 Å². The number of rotatable bonds is 5. The normalized spacial score (nSPS) is 16.6. The second kappa shape index (κ2) is 6.98. The first kappa shape index (κ1) is 16.4. The van der Waals surface area contributed by atoms with Crippen LogP contribution in [0.1, 0.15) is 31.0 Å². The molecule has 0 aromatic carbocycles. The van der Waals surface area contributed by atoms with Crippen LogP contribution in [0.15, 0.2) is 32.8 Å². The van der Waals surface area contributed by atoms with Crippen molar-refractivity contribution in [3.63, 3.8) is 0 Å². The van der Waals surface area contributed by atoms with E-state index in [0.29, 0.717) is 30.6 Å². The molecule has 124 valence electrons. The lowest BCUT2D eigenvalue weighted by Gasteiger charge is -2.25. The van der Waals surface area contributed by atoms with Crippen LogP contribution in [0.25, 0.3) is 0 Å². The Hall–Kier alpha value is -1.45. The van der Waals surface area contributed by atoms with Gasteiger partial charge in [0, 0.05) is 19.3 Å². The van der Waals surface area contributed by atoms with Crippen LogP contribution >= 0.6 is 11.8 Å². The van der Waals surface area contributed by atoms with Crippen LogP contribution in [0, 0.1) is 6.92 Å². The number of piperidine rings is 1. The minimum Gasteiger partial charge on any atom is -0.338 e. The fourth-order valence-corrected chi connectivity index (χ4v) is 4.54. The Morgan fingerprint density at radius 3 is 2.65 bits per heavy atom. The van der Waals surface area contributed by atoms with E-state index in [1.165, 1.54) is 18.0 Å². The molecular weight excluding hydrogens is 336 g/mol. The number of hydrogen-bond acceptors (Lipinski definition) is 7. The van der Waals surface area contributed by atoms with E-state index in [1.54, 1.807) is 23.4 Å². The van der Waals surface area contributed by atoms with Gasteiger partial charge in [0.1, 0.15) is 4.90 Å². The van der Waals surface area contributed by atoms with Gasteiger partial charge < -0.3 is 4.52 Å². The standard InChI is InChI=1S/C14H18N4O3S2/c1-11-16-13(21-17-11)10-22-14-6-5-12(9-15-14)23(19,20)18-7-3-2-4-8-18/h5-6,9H,2-4,7-8,10H2,1H3. The van der Waals surface area contributed by atoms with Crippen molar-refractivity contribution >= 4 is 21.8 Å². The molecular formula is C14H18N4O3S2. The van der Waals surface area contributed by atoms with E-state index < -0.39 is 10.0 Å². The van der Waals surface area contributed by atoms with E-state index in [2.05, 4.69) is 15.1 Å². The van der Waals surface area contributed by atoms with Crippen molar-refractivity contribution in [2.24, 2.45) is 0 Å². The van der Waals surface area contributed by atoms with Gasteiger partial charge in [-0.15, -0.1) is 0 Å². The number of pyridine rings is 1. The highest BCUT2D eigenvalue weighted by Crippen LogP contribution is 2.24. The zero-order valence-corrected chi connectivity index (χ0v) is 14.4. The lowest BCUT2D eigenvalue weighted by Crippen LogP contribution is -2.35. The zero-order chi connectivity index (χ0) is 16.3. The van der Waals surface area contributed by atoms with E-state index in [-0.39, 0.29) is 4.90 Å². The van der Waals surface area contributed by atoms with Gasteiger partial charge in [-0.3, -0.25) is 0 Å². The summed E-state index contributed by atoms with van der Waals surface area (Å²) in [5.74, 6) is 1.63. The molecule has 9 heteroatoms. The minimum atomic E-state index is -3.42. The summed E-state index contributed by atoms with van der Waals surface area (Å²) in [6.07, 6.45) is 4.36. The average Bonchev–Trinajstić information content (AvgIpc) is 3.00. The van der Waals surface area contributed by atoms with E-state index in [4.69, 9.17) is 4.52 Å². The van der Waals surface area contributed by atoms with Gasteiger partial charge in [0.05, 0.1) is 10.8 Å². The lowest BCUT2D eigenvalue weighted by atomic mass is 10.2. The third-order valence-electron chi connectivity index (χ3n) is 3.58. The third-order valence-corrected chi connectivity index (χ3v) is 6.39. The Bertz CT molecular complexity index is 753. The molecule has 0 aliphatic carbocycles. The zero-order valence-electron chi connectivity index (χ0n) is 12.8. The molecule has 3 rings (SSSR count). The van der Waals surface area contributed by atoms with Gasteiger partial charge in [0.2, 0.25) is 15.9 Å². The number of sulfonamides is 1. The van der Waals surface area contributed by atoms with Crippen LogP contribution < -0.4 is 0 Å². The molecule has 1 aliphatic heterocycles. The summed E-state index contributed by atoms with van der Waals surface area (Å²) in [7, 11) is -3.42. The first-order valence-electron chi connectivity index (χ1n) is 7.44. The number of aromatic nitrogens is 3. The van der Waals surface area contributed by atoms with Gasteiger partial charge in [0.15, 0.2) is 5.82 Å². The molecule has 2 aromatic rings. The highest BCUT2D eigenvalue weighted by molar-refractivity contribution is 7.98. The van der Waals surface area contributed by atoms with Gasteiger partial charge in [0.25, 0.3) is 0 Å². The molecule has 0 N–H and O–H groups in total. The summed E-state index contributed by atoms with van der Waals surface area (Å²) in [5, 5.41) is 4.44. The van der Waals surface area contributed by atoms with Crippen LogP contribution in [-0.2, 0) is 15.8 Å². The van der Waals surface area contributed by atoms with E-state index in [0.717, 1.165) is 24.3 Å². The highest BCUT2D eigenvalue weighted by Gasteiger charge is 2.26. The van der Waals surface area contributed by atoms with E-state index in [1.807, 2.05) is 0 Å². The molecule has 23 heavy (non-hydrogen) atoms. The van der Waals surface area contributed by atoms with Gasteiger partial charge >= 0.3 is 0 Å². The Morgan fingerprint density at radius 2 is 2.04 bits per heavy atom. The SMILES string of the molecule is Cc1noc(CSc2ccc(S(=O)(=O)N3CCCCC3)cn2)n1. The first-order chi connectivity index (χ1) is 11.1. The smallest absolute Gasteiger partial charge is 0.244 e. The molecule has 1 fully saturated rings. The first-order valence-corrected chi connectivity index (χ1v) is 9.86. The predicted molar refractivity (Wildman–Crippen MR) is 85.4 cm³/mol. The minimum absolute atomic E-state index is 0.248. The van der Waals surface area contributed by atoms with Gasteiger partial charge in [-0.1, -0.05) is 23.3 Å². The largest absolute Gasteiger partial charge is 0.338 e. The quantitative estimate of drug-likeness (QED) is 0.761. The van der Waals surface area contributed by atoms with Crippen molar-refractivity contribution < 1.29 is 12.9 Å². The molecule has 0 saturated carbocycles. The van der Waals surface area contributed by atoms with Crippen LogP contribution in [-0.4, -0.2) is 40.9 Å². The number of thioether (sulfide) groups is 1. The maximum absolute atomic E-state index is 12.5. The van der Waals surface area contributed by atoms with Crippen molar-refractivity contribution in [1.29, 1.82) is 0 Å². The highest BCUT2D eigenvalue weighted by atomic mass is 32.2. The summed E-state index contributed by atoms with van der Waals surface area (Å²) in [6.45, 7) is 2.95. The van der Waals surface area contributed by atoms with Crippen molar-refractivity contribution in [1.82, 2.24) is 19.4 Å². The number of hydrogen-bond donors (Lipinski definition) is 0. The molecule has 1 aliphatic rings. The van der Waals surface area contributed by atoms with Gasteiger partial charge in [-0.25, -0.2) is 13.4 Å². The summed E-state index contributed by atoms with van der Waals surface area (Å²) in [4.78, 5) is 8.59. The van der Waals surface area contributed by atoms with Crippen molar-refractivity contribution in [2.45, 2.75) is 41.9 Å².